The molecule has 1 aliphatic rings. The van der Waals surface area contributed by atoms with Crippen molar-refractivity contribution in [3.8, 4) is 0 Å². The van der Waals surface area contributed by atoms with E-state index in [4.69, 9.17) is 0 Å². The Bertz CT molecular complexity index is 949. The van der Waals surface area contributed by atoms with Crippen molar-refractivity contribution in [2.45, 2.75) is 36.6 Å². The molecule has 1 aliphatic heterocycles. The van der Waals surface area contributed by atoms with Crippen molar-refractivity contribution in [3.63, 3.8) is 0 Å². The molecule has 1 fully saturated rings. The number of benzene rings is 2. The monoisotopic (exact) mass is 467 g/mol. The van der Waals surface area contributed by atoms with Gasteiger partial charge >= 0.3 is 5.97 Å². The lowest BCUT2D eigenvalue weighted by molar-refractivity contribution is -0.139. The van der Waals surface area contributed by atoms with Gasteiger partial charge < -0.3 is 15.3 Å². The van der Waals surface area contributed by atoms with E-state index in [2.05, 4.69) is 10.0 Å². The fraction of sp³-hybridized carbons (Fsp3) is 0.500. The van der Waals surface area contributed by atoms with E-state index >= 15 is 0 Å². The van der Waals surface area contributed by atoms with E-state index in [0.717, 1.165) is 11.1 Å². The molecule has 172 valence electrons. The first-order chi connectivity index (χ1) is 14.8. The summed E-state index contributed by atoms with van der Waals surface area (Å²) in [5.74, 6) is -0.619. The summed E-state index contributed by atoms with van der Waals surface area (Å²) in [6.45, 7) is 2.50. The van der Waals surface area contributed by atoms with Gasteiger partial charge in [-0.2, -0.15) is 16.5 Å². The minimum absolute atomic E-state index is 0.0871. The molecule has 0 aromatic heterocycles. The van der Waals surface area contributed by atoms with Crippen LogP contribution in [0.25, 0.3) is 10.8 Å². The summed E-state index contributed by atoms with van der Waals surface area (Å²) in [4.78, 5) is 13.4. The van der Waals surface area contributed by atoms with Crippen molar-refractivity contribution in [2.75, 3.05) is 44.1 Å². The molecule has 0 aliphatic carbocycles. The van der Waals surface area contributed by atoms with Gasteiger partial charge in [0.15, 0.2) is 0 Å². The van der Waals surface area contributed by atoms with Crippen LogP contribution in [0.2, 0.25) is 0 Å². The van der Waals surface area contributed by atoms with E-state index in [1.807, 2.05) is 37.4 Å². The molecule has 0 amide bonds. The summed E-state index contributed by atoms with van der Waals surface area (Å²) in [7, 11) is -0.191. The maximum Gasteiger partial charge on any atom is 0.321 e. The number of carboxylic acid groups (broad SMARTS) is 1. The number of hydrogen-bond acceptors (Lipinski definition) is 6. The molecular formula is C22H33N3O4S2. The molecule has 1 saturated heterocycles. The zero-order valence-electron chi connectivity index (χ0n) is 18.4. The van der Waals surface area contributed by atoms with Gasteiger partial charge in [-0.25, -0.2) is 8.42 Å². The summed E-state index contributed by atoms with van der Waals surface area (Å²) in [5.41, 5.74) is 0.895. The first kappa shape index (κ1) is 25.5. The molecule has 2 aromatic carbocycles. The van der Waals surface area contributed by atoms with Crippen LogP contribution in [0.5, 0.6) is 0 Å². The van der Waals surface area contributed by atoms with Crippen LogP contribution in [-0.4, -0.2) is 64.7 Å². The Morgan fingerprint density at radius 1 is 1.13 bits per heavy atom. The average Bonchev–Trinajstić information content (AvgIpc) is 2.77. The van der Waals surface area contributed by atoms with Crippen molar-refractivity contribution < 1.29 is 18.3 Å². The molecule has 3 N–H and O–H groups in total. The lowest BCUT2D eigenvalue weighted by Gasteiger charge is -2.18. The topological polar surface area (TPSA) is 98.7 Å². The molecule has 31 heavy (non-hydrogen) atoms. The van der Waals surface area contributed by atoms with Crippen LogP contribution in [0.3, 0.4) is 0 Å². The van der Waals surface area contributed by atoms with Crippen molar-refractivity contribution in [2.24, 2.45) is 0 Å². The SMILES string of the molecule is C1CCNCC1.CSCC[C@H](NS(=O)(=O)c1cccc2c(N(C)C)cccc12)C(=O)O. The number of nitrogens with zero attached hydrogens (tertiary/aromatic N) is 1. The van der Waals surface area contributed by atoms with E-state index in [-0.39, 0.29) is 11.3 Å². The number of carboxylic acids is 1. The highest BCUT2D eigenvalue weighted by Gasteiger charge is 2.26. The molecular weight excluding hydrogens is 434 g/mol. The first-order valence-corrected chi connectivity index (χ1v) is 13.3. The van der Waals surface area contributed by atoms with Crippen LogP contribution < -0.4 is 14.9 Å². The maximum absolute atomic E-state index is 12.8. The summed E-state index contributed by atoms with van der Waals surface area (Å²) in [6, 6.07) is 9.30. The average molecular weight is 468 g/mol. The maximum atomic E-state index is 12.8. The normalized spacial score (nSPS) is 15.1. The summed E-state index contributed by atoms with van der Waals surface area (Å²) in [6.07, 6.45) is 6.29. The van der Waals surface area contributed by atoms with Crippen LogP contribution in [0.1, 0.15) is 25.7 Å². The van der Waals surface area contributed by atoms with Gasteiger partial charge in [0, 0.05) is 30.6 Å². The number of rotatable bonds is 8. The molecule has 3 rings (SSSR count). The molecule has 0 unspecified atom stereocenters. The number of carbonyl (C=O) groups is 1. The number of aliphatic carboxylic acids is 1. The highest BCUT2D eigenvalue weighted by atomic mass is 32.2. The smallest absolute Gasteiger partial charge is 0.321 e. The Hall–Kier alpha value is -1.81. The molecule has 0 bridgehead atoms. The fourth-order valence-electron chi connectivity index (χ4n) is 3.41. The number of thioether (sulfide) groups is 1. The Kier molecular flexibility index (Phi) is 10.1. The zero-order valence-corrected chi connectivity index (χ0v) is 20.1. The molecule has 9 heteroatoms. The molecule has 7 nitrogen and oxygen atoms in total. The van der Waals surface area contributed by atoms with Crippen LogP contribution >= 0.6 is 11.8 Å². The number of nitrogens with one attached hydrogen (secondary N) is 2. The van der Waals surface area contributed by atoms with E-state index in [1.54, 1.807) is 18.2 Å². The highest BCUT2D eigenvalue weighted by molar-refractivity contribution is 7.98. The van der Waals surface area contributed by atoms with Crippen molar-refractivity contribution in [1.29, 1.82) is 0 Å². The predicted octanol–water partition coefficient (Wildman–Crippen LogP) is 3.15. The molecule has 0 saturated carbocycles. The van der Waals surface area contributed by atoms with E-state index in [1.165, 1.54) is 50.2 Å². The predicted molar refractivity (Wildman–Crippen MR) is 130 cm³/mol. The van der Waals surface area contributed by atoms with Gasteiger partial charge in [-0.15, -0.1) is 0 Å². The van der Waals surface area contributed by atoms with Gasteiger partial charge in [-0.3, -0.25) is 4.79 Å². The van der Waals surface area contributed by atoms with Gasteiger partial charge in [0.25, 0.3) is 0 Å². The van der Waals surface area contributed by atoms with Crippen molar-refractivity contribution >= 4 is 44.2 Å². The van der Waals surface area contributed by atoms with Crippen molar-refractivity contribution in [3.05, 3.63) is 36.4 Å². The Balaban J connectivity index is 0.000000488. The fourth-order valence-corrected chi connectivity index (χ4v) is 5.33. The lowest BCUT2D eigenvalue weighted by atomic mass is 10.1. The summed E-state index contributed by atoms with van der Waals surface area (Å²) >= 11 is 1.47. The third kappa shape index (κ3) is 7.38. The van der Waals surface area contributed by atoms with Crippen LogP contribution in [-0.2, 0) is 14.8 Å². The molecule has 0 radical (unpaired) electrons. The van der Waals surface area contributed by atoms with Crippen LogP contribution in [0, 0.1) is 0 Å². The van der Waals surface area contributed by atoms with Crippen LogP contribution in [0.15, 0.2) is 41.3 Å². The Labute approximate surface area is 189 Å². The largest absolute Gasteiger partial charge is 0.480 e. The summed E-state index contributed by atoms with van der Waals surface area (Å²) in [5, 5.41) is 13.9. The quantitative estimate of drug-likeness (QED) is 0.548. The van der Waals surface area contributed by atoms with Gasteiger partial charge in [0.05, 0.1) is 4.90 Å². The molecule has 1 heterocycles. The number of fused-ring (bicyclic) bond motifs is 1. The third-order valence-electron chi connectivity index (χ3n) is 5.04. The number of piperidine rings is 1. The van der Waals surface area contributed by atoms with E-state index in [9.17, 15) is 18.3 Å². The first-order valence-electron chi connectivity index (χ1n) is 10.4. The molecule has 2 aromatic rings. The number of sulfonamides is 1. The lowest BCUT2D eigenvalue weighted by Crippen LogP contribution is -2.41. The minimum Gasteiger partial charge on any atom is -0.480 e. The van der Waals surface area contributed by atoms with Crippen LogP contribution in [0.4, 0.5) is 5.69 Å². The van der Waals surface area contributed by atoms with E-state index in [0.29, 0.717) is 11.1 Å². The van der Waals surface area contributed by atoms with Gasteiger partial charge in [-0.1, -0.05) is 30.7 Å². The molecule has 0 spiro atoms. The second kappa shape index (κ2) is 12.3. The Morgan fingerprint density at radius 2 is 1.77 bits per heavy atom. The second-order valence-corrected chi connectivity index (χ2v) is 10.3. The summed E-state index contributed by atoms with van der Waals surface area (Å²) < 4.78 is 28.0. The second-order valence-electron chi connectivity index (χ2n) is 7.63. The van der Waals surface area contributed by atoms with Crippen molar-refractivity contribution in [1.82, 2.24) is 10.0 Å². The van der Waals surface area contributed by atoms with Gasteiger partial charge in [-0.05, 0) is 56.5 Å². The third-order valence-corrected chi connectivity index (χ3v) is 7.22. The minimum atomic E-state index is -3.96. The number of anilines is 1. The number of hydrogen-bond donors (Lipinski definition) is 3. The standard InChI is InChI=1S/C17H22N2O4S2.C5H11N/c1-19(2)15-8-4-7-13-12(15)6-5-9-16(13)25(22,23)18-14(17(20)21)10-11-24-3;1-2-4-6-5-3-1/h4-9,14,18H,10-11H2,1-3H3,(H,20,21);6H,1-5H2/t14-;/m0./s1. The molecule has 1 atom stereocenters. The van der Waals surface area contributed by atoms with E-state index < -0.39 is 22.0 Å². The van der Waals surface area contributed by atoms with Gasteiger partial charge in [0.1, 0.15) is 6.04 Å². The Morgan fingerprint density at radius 3 is 2.29 bits per heavy atom. The zero-order chi connectivity index (χ0) is 22.9. The highest BCUT2D eigenvalue weighted by Crippen LogP contribution is 2.30. The van der Waals surface area contributed by atoms with Gasteiger partial charge in [0.2, 0.25) is 10.0 Å².